The third-order valence-corrected chi connectivity index (χ3v) is 4.89. The van der Waals surface area contributed by atoms with Crippen molar-refractivity contribution in [3.63, 3.8) is 0 Å². The maximum atomic E-state index is 12.6. The number of fused-ring (bicyclic) bond motifs is 1. The van der Waals surface area contributed by atoms with E-state index in [1.165, 1.54) is 0 Å². The molecule has 3 aromatic rings. The molecule has 0 amide bonds. The number of aromatic nitrogens is 2. The fourth-order valence-electron chi connectivity index (χ4n) is 3.01. The summed E-state index contributed by atoms with van der Waals surface area (Å²) in [7, 11) is 0. The zero-order chi connectivity index (χ0) is 20.1. The van der Waals surface area contributed by atoms with Gasteiger partial charge in [-0.25, -0.2) is 0 Å². The highest BCUT2D eigenvalue weighted by atomic mass is 32.1. The lowest BCUT2D eigenvalue weighted by Gasteiger charge is -2.26. The van der Waals surface area contributed by atoms with Crippen LogP contribution >= 0.6 is 12.2 Å². The third kappa shape index (κ3) is 5.16. The minimum atomic E-state index is -0.0841. The Bertz CT molecular complexity index is 1010. The zero-order valence-corrected chi connectivity index (χ0v) is 17.3. The van der Waals surface area contributed by atoms with E-state index in [0.717, 1.165) is 28.6 Å². The zero-order valence-electron chi connectivity index (χ0n) is 16.5. The second kappa shape index (κ2) is 8.97. The van der Waals surface area contributed by atoms with Gasteiger partial charge in [0, 0.05) is 36.6 Å². The van der Waals surface area contributed by atoms with Crippen LogP contribution < -0.4 is 10.9 Å². The summed E-state index contributed by atoms with van der Waals surface area (Å²) in [6.45, 7) is 8.12. The minimum absolute atomic E-state index is 0.0841. The number of hydrogen-bond donors (Lipinski definition) is 2. The van der Waals surface area contributed by atoms with Crippen LogP contribution in [-0.4, -0.2) is 26.5 Å². The summed E-state index contributed by atoms with van der Waals surface area (Å²) in [5.74, 6) is 0.477. The molecule has 5 nitrogen and oxygen atoms in total. The number of H-pyrrole nitrogens is 1. The molecule has 6 heteroatoms. The normalized spacial score (nSPS) is 11.0. The summed E-state index contributed by atoms with van der Waals surface area (Å²) in [5.41, 5.74) is 3.66. The molecule has 0 bridgehead atoms. The van der Waals surface area contributed by atoms with Gasteiger partial charge in [-0.05, 0) is 60.3 Å². The lowest BCUT2D eigenvalue weighted by molar-refractivity contribution is 0.393. The number of pyridine rings is 2. The molecule has 0 radical (unpaired) electrons. The van der Waals surface area contributed by atoms with Crippen LogP contribution in [-0.2, 0) is 13.1 Å². The van der Waals surface area contributed by atoms with E-state index >= 15 is 0 Å². The van der Waals surface area contributed by atoms with Gasteiger partial charge in [0.25, 0.3) is 5.56 Å². The van der Waals surface area contributed by atoms with Crippen molar-refractivity contribution < 1.29 is 0 Å². The molecule has 28 heavy (non-hydrogen) atoms. The summed E-state index contributed by atoms with van der Waals surface area (Å²) < 4.78 is 0. The molecule has 0 aliphatic carbocycles. The maximum absolute atomic E-state index is 12.6. The van der Waals surface area contributed by atoms with Crippen molar-refractivity contribution >= 4 is 28.2 Å². The quantitative estimate of drug-likeness (QED) is 0.623. The standard InChI is InChI=1S/C22H26N4OS/c1-15(2)11-24-22(28)26(13-17-5-4-8-23-12-17)14-19-10-18-9-16(3)6-7-20(18)25-21(19)27/h4-10,12,15H,11,13-14H2,1-3H3,(H,24,28)(H,25,27). The molecule has 2 N–H and O–H groups in total. The maximum Gasteiger partial charge on any atom is 0.253 e. The van der Waals surface area contributed by atoms with Crippen LogP contribution in [0.15, 0.2) is 53.6 Å². The lowest BCUT2D eigenvalue weighted by Crippen LogP contribution is -2.41. The number of hydrogen-bond acceptors (Lipinski definition) is 3. The average Bonchev–Trinajstić information content (AvgIpc) is 2.67. The van der Waals surface area contributed by atoms with Crippen LogP contribution in [0.1, 0.15) is 30.5 Å². The number of rotatable bonds is 6. The SMILES string of the molecule is Cc1ccc2[nH]c(=O)c(CN(Cc3cccnc3)C(=S)NCC(C)C)cc2c1. The van der Waals surface area contributed by atoms with Gasteiger partial charge in [-0.1, -0.05) is 31.5 Å². The first-order valence-electron chi connectivity index (χ1n) is 9.46. The highest BCUT2D eigenvalue weighted by molar-refractivity contribution is 7.80. The van der Waals surface area contributed by atoms with Gasteiger partial charge in [-0.2, -0.15) is 0 Å². The molecule has 0 atom stereocenters. The smallest absolute Gasteiger partial charge is 0.253 e. The first kappa shape index (κ1) is 20.0. The summed E-state index contributed by atoms with van der Waals surface area (Å²) >= 11 is 5.63. The second-order valence-corrected chi connectivity index (χ2v) is 7.90. The van der Waals surface area contributed by atoms with Crippen molar-refractivity contribution in [3.8, 4) is 0 Å². The van der Waals surface area contributed by atoms with Crippen molar-refractivity contribution in [3.05, 3.63) is 75.8 Å². The number of nitrogens with zero attached hydrogens (tertiary/aromatic N) is 2. The van der Waals surface area contributed by atoms with E-state index < -0.39 is 0 Å². The number of thiocarbonyl (C=S) groups is 1. The molecule has 0 aliphatic rings. The van der Waals surface area contributed by atoms with Crippen LogP contribution in [0.2, 0.25) is 0 Å². The van der Waals surface area contributed by atoms with Crippen LogP contribution in [0.3, 0.4) is 0 Å². The number of benzene rings is 1. The van der Waals surface area contributed by atoms with E-state index in [0.29, 0.717) is 29.7 Å². The molecule has 0 saturated heterocycles. The number of aryl methyl sites for hydroxylation is 1. The Morgan fingerprint density at radius 2 is 2.07 bits per heavy atom. The van der Waals surface area contributed by atoms with Gasteiger partial charge in [-0.15, -0.1) is 0 Å². The number of aromatic amines is 1. The van der Waals surface area contributed by atoms with Crippen molar-refractivity contribution in [2.75, 3.05) is 6.54 Å². The predicted octanol–water partition coefficient (Wildman–Crippen LogP) is 3.76. The molecule has 2 heterocycles. The van der Waals surface area contributed by atoms with Crippen molar-refractivity contribution in [2.45, 2.75) is 33.9 Å². The highest BCUT2D eigenvalue weighted by Gasteiger charge is 2.14. The van der Waals surface area contributed by atoms with Gasteiger partial charge in [-0.3, -0.25) is 9.78 Å². The molecule has 1 aromatic carbocycles. The van der Waals surface area contributed by atoms with Gasteiger partial charge in [0.2, 0.25) is 0 Å². The fraction of sp³-hybridized carbons (Fsp3) is 0.318. The first-order chi connectivity index (χ1) is 13.4. The Morgan fingerprint density at radius 3 is 2.79 bits per heavy atom. The molecule has 0 unspecified atom stereocenters. The summed E-state index contributed by atoms with van der Waals surface area (Å²) in [6, 6.07) is 11.9. The fourth-order valence-corrected chi connectivity index (χ4v) is 3.22. The van der Waals surface area contributed by atoms with Crippen LogP contribution in [0.25, 0.3) is 10.9 Å². The molecular formula is C22H26N4OS. The highest BCUT2D eigenvalue weighted by Crippen LogP contribution is 2.15. The second-order valence-electron chi connectivity index (χ2n) is 7.51. The molecule has 0 spiro atoms. The largest absolute Gasteiger partial charge is 0.362 e. The van der Waals surface area contributed by atoms with Crippen molar-refractivity contribution in [2.24, 2.45) is 5.92 Å². The van der Waals surface area contributed by atoms with Crippen LogP contribution in [0.5, 0.6) is 0 Å². The Balaban J connectivity index is 1.89. The number of nitrogens with one attached hydrogen (secondary N) is 2. The summed E-state index contributed by atoms with van der Waals surface area (Å²) in [5, 5.41) is 4.98. The Hall–Kier alpha value is -2.73. The lowest BCUT2D eigenvalue weighted by atomic mass is 10.1. The van der Waals surface area contributed by atoms with Gasteiger partial charge < -0.3 is 15.2 Å². The van der Waals surface area contributed by atoms with E-state index in [-0.39, 0.29) is 5.56 Å². The van der Waals surface area contributed by atoms with Crippen LogP contribution in [0, 0.1) is 12.8 Å². The molecular weight excluding hydrogens is 368 g/mol. The van der Waals surface area contributed by atoms with Gasteiger partial charge in [0.15, 0.2) is 5.11 Å². The van der Waals surface area contributed by atoms with E-state index in [1.54, 1.807) is 6.20 Å². The molecule has 2 aromatic heterocycles. The first-order valence-corrected chi connectivity index (χ1v) is 9.87. The van der Waals surface area contributed by atoms with Gasteiger partial charge in [0.05, 0.1) is 6.54 Å². The predicted molar refractivity (Wildman–Crippen MR) is 118 cm³/mol. The monoisotopic (exact) mass is 394 g/mol. The van der Waals surface area contributed by atoms with Crippen molar-refractivity contribution in [1.29, 1.82) is 0 Å². The van der Waals surface area contributed by atoms with Crippen LogP contribution in [0.4, 0.5) is 0 Å². The Kier molecular flexibility index (Phi) is 6.41. The Labute approximate surface area is 170 Å². The molecule has 0 saturated carbocycles. The average molecular weight is 395 g/mol. The van der Waals surface area contributed by atoms with E-state index in [9.17, 15) is 4.79 Å². The Morgan fingerprint density at radius 1 is 1.25 bits per heavy atom. The molecule has 146 valence electrons. The topological polar surface area (TPSA) is 61.0 Å². The van der Waals surface area contributed by atoms with Gasteiger partial charge >= 0.3 is 0 Å². The molecule has 0 fully saturated rings. The summed E-state index contributed by atoms with van der Waals surface area (Å²) in [4.78, 5) is 21.8. The van der Waals surface area contributed by atoms with Crippen molar-refractivity contribution in [1.82, 2.24) is 20.2 Å². The third-order valence-electron chi connectivity index (χ3n) is 4.48. The van der Waals surface area contributed by atoms with E-state index in [4.69, 9.17) is 12.2 Å². The summed E-state index contributed by atoms with van der Waals surface area (Å²) in [6.07, 6.45) is 3.57. The van der Waals surface area contributed by atoms with Gasteiger partial charge in [0.1, 0.15) is 0 Å². The molecule has 0 aliphatic heterocycles. The minimum Gasteiger partial charge on any atom is -0.362 e. The van der Waals surface area contributed by atoms with E-state index in [1.807, 2.05) is 48.4 Å². The molecule has 3 rings (SSSR count). The van der Waals surface area contributed by atoms with E-state index in [2.05, 4.69) is 35.2 Å².